The van der Waals surface area contributed by atoms with Crippen molar-refractivity contribution < 1.29 is 9.26 Å². The Hall–Kier alpha value is -2.40. The van der Waals surface area contributed by atoms with Gasteiger partial charge in [-0.25, -0.2) is 4.98 Å². The Kier molecular flexibility index (Phi) is 3.94. The molecule has 0 bridgehead atoms. The molecule has 4 rings (SSSR count). The van der Waals surface area contributed by atoms with E-state index < -0.39 is 0 Å². The van der Waals surface area contributed by atoms with E-state index in [2.05, 4.69) is 34.0 Å². The molecule has 1 atom stereocenters. The van der Waals surface area contributed by atoms with E-state index in [-0.39, 0.29) is 0 Å². The van der Waals surface area contributed by atoms with Gasteiger partial charge < -0.3 is 13.8 Å². The lowest BCUT2D eigenvalue weighted by molar-refractivity contribution is 0.193. The molecule has 0 unspecified atom stereocenters. The van der Waals surface area contributed by atoms with Crippen molar-refractivity contribution in [1.82, 2.24) is 14.7 Å². The van der Waals surface area contributed by atoms with E-state index in [1.54, 1.807) is 0 Å². The van der Waals surface area contributed by atoms with Gasteiger partial charge in [0.05, 0.1) is 36.6 Å². The Labute approximate surface area is 141 Å². The highest BCUT2D eigenvalue weighted by atomic mass is 16.5. The zero-order valence-corrected chi connectivity index (χ0v) is 14.0. The molecule has 1 aliphatic rings. The Morgan fingerprint density at radius 1 is 1.21 bits per heavy atom. The van der Waals surface area contributed by atoms with Crippen LogP contribution < -0.4 is 0 Å². The summed E-state index contributed by atoms with van der Waals surface area (Å²) in [6, 6.07) is 10.4. The zero-order chi connectivity index (χ0) is 16.5. The number of imidazole rings is 1. The third-order valence-corrected chi connectivity index (χ3v) is 4.75. The van der Waals surface area contributed by atoms with Crippen molar-refractivity contribution in [2.24, 2.45) is 0 Å². The van der Waals surface area contributed by atoms with Crippen LogP contribution in [0, 0.1) is 13.8 Å². The second-order valence-electron chi connectivity index (χ2n) is 6.34. The monoisotopic (exact) mass is 323 g/mol. The van der Waals surface area contributed by atoms with E-state index in [1.807, 2.05) is 26.2 Å². The first kappa shape index (κ1) is 15.1. The predicted molar refractivity (Wildman–Crippen MR) is 90.9 cm³/mol. The second kappa shape index (κ2) is 6.24. The van der Waals surface area contributed by atoms with E-state index in [4.69, 9.17) is 14.2 Å². The van der Waals surface area contributed by atoms with Gasteiger partial charge in [0.2, 0.25) is 0 Å². The highest BCUT2D eigenvalue weighted by Gasteiger charge is 2.26. The number of hydrogen-bond acceptors (Lipinski definition) is 4. The molecular weight excluding hydrogens is 302 g/mol. The highest BCUT2D eigenvalue weighted by molar-refractivity contribution is 5.62. The van der Waals surface area contributed by atoms with Gasteiger partial charge in [0.15, 0.2) is 0 Å². The van der Waals surface area contributed by atoms with Crippen LogP contribution in [0.1, 0.15) is 35.1 Å². The standard InChI is InChI=1S/C19H21N3O2/c1-13-17(14(2)24-21-13)10-22-12-20-18(15-6-4-3-5-7-15)19(22)16-8-9-23-11-16/h3-7,12,16H,8-11H2,1-2H3/t16-/m1/s1. The lowest BCUT2D eigenvalue weighted by Gasteiger charge is -2.15. The number of aromatic nitrogens is 3. The van der Waals surface area contributed by atoms with Gasteiger partial charge in [-0.1, -0.05) is 35.5 Å². The first-order valence-electron chi connectivity index (χ1n) is 8.34. The van der Waals surface area contributed by atoms with Crippen LogP contribution in [-0.2, 0) is 11.3 Å². The maximum Gasteiger partial charge on any atom is 0.138 e. The first-order chi connectivity index (χ1) is 11.7. The summed E-state index contributed by atoms with van der Waals surface area (Å²) in [7, 11) is 0. The molecular formula is C19H21N3O2. The average Bonchev–Trinajstić information content (AvgIpc) is 3.32. The number of aryl methyl sites for hydroxylation is 2. The van der Waals surface area contributed by atoms with Crippen LogP contribution in [0.5, 0.6) is 0 Å². The summed E-state index contributed by atoms with van der Waals surface area (Å²) in [6.45, 7) is 6.25. The van der Waals surface area contributed by atoms with Gasteiger partial charge in [-0.05, 0) is 20.3 Å². The molecule has 0 radical (unpaired) electrons. The molecule has 24 heavy (non-hydrogen) atoms. The molecule has 1 saturated heterocycles. The van der Waals surface area contributed by atoms with E-state index in [1.165, 1.54) is 5.69 Å². The molecule has 5 heteroatoms. The normalized spacial score (nSPS) is 17.5. The molecule has 1 aromatic carbocycles. The molecule has 1 aliphatic heterocycles. The van der Waals surface area contributed by atoms with Crippen molar-refractivity contribution in [2.75, 3.05) is 13.2 Å². The SMILES string of the molecule is Cc1noc(C)c1Cn1cnc(-c2ccccc2)c1[C@@H]1CCOC1. The number of hydrogen-bond donors (Lipinski definition) is 0. The van der Waals surface area contributed by atoms with E-state index in [0.29, 0.717) is 5.92 Å². The van der Waals surface area contributed by atoms with Crippen LogP contribution in [0.3, 0.4) is 0 Å². The molecule has 124 valence electrons. The third-order valence-electron chi connectivity index (χ3n) is 4.75. The van der Waals surface area contributed by atoms with Gasteiger partial charge in [0.1, 0.15) is 5.76 Å². The van der Waals surface area contributed by atoms with Gasteiger partial charge in [-0.3, -0.25) is 0 Å². The van der Waals surface area contributed by atoms with Crippen LogP contribution in [-0.4, -0.2) is 27.9 Å². The maximum atomic E-state index is 5.64. The van der Waals surface area contributed by atoms with Gasteiger partial charge in [-0.15, -0.1) is 0 Å². The van der Waals surface area contributed by atoms with Crippen LogP contribution >= 0.6 is 0 Å². The second-order valence-corrected chi connectivity index (χ2v) is 6.34. The number of benzene rings is 1. The largest absolute Gasteiger partial charge is 0.381 e. The summed E-state index contributed by atoms with van der Waals surface area (Å²) in [6.07, 6.45) is 2.97. The van der Waals surface area contributed by atoms with E-state index >= 15 is 0 Å². The van der Waals surface area contributed by atoms with Gasteiger partial charge in [-0.2, -0.15) is 0 Å². The van der Waals surface area contributed by atoms with Gasteiger partial charge >= 0.3 is 0 Å². The Balaban J connectivity index is 1.78. The lowest BCUT2D eigenvalue weighted by Crippen LogP contribution is -2.10. The predicted octanol–water partition coefficient (Wildman–Crippen LogP) is 3.71. The number of ether oxygens (including phenoxy) is 1. The summed E-state index contributed by atoms with van der Waals surface area (Å²) in [5.74, 6) is 1.25. The Morgan fingerprint density at radius 2 is 2.04 bits per heavy atom. The molecule has 1 fully saturated rings. The maximum absolute atomic E-state index is 5.64. The van der Waals surface area contributed by atoms with Gasteiger partial charge in [0, 0.05) is 23.7 Å². The van der Waals surface area contributed by atoms with Crippen molar-refractivity contribution in [2.45, 2.75) is 32.7 Å². The molecule has 2 aromatic heterocycles. The van der Waals surface area contributed by atoms with Crippen LogP contribution in [0.4, 0.5) is 0 Å². The molecule has 3 heterocycles. The lowest BCUT2D eigenvalue weighted by atomic mass is 9.99. The molecule has 0 spiro atoms. The third kappa shape index (κ3) is 2.65. The van der Waals surface area contributed by atoms with Crippen molar-refractivity contribution in [3.8, 4) is 11.3 Å². The van der Waals surface area contributed by atoms with Crippen molar-refractivity contribution >= 4 is 0 Å². The molecule has 0 saturated carbocycles. The van der Waals surface area contributed by atoms with Crippen molar-refractivity contribution in [1.29, 1.82) is 0 Å². The Bertz CT molecular complexity index is 810. The quantitative estimate of drug-likeness (QED) is 0.734. The smallest absolute Gasteiger partial charge is 0.138 e. The van der Waals surface area contributed by atoms with Gasteiger partial charge in [0.25, 0.3) is 0 Å². The van der Waals surface area contributed by atoms with Crippen molar-refractivity contribution in [3.63, 3.8) is 0 Å². The molecule has 0 amide bonds. The summed E-state index contributed by atoms with van der Waals surface area (Å²) < 4.78 is 13.2. The topological polar surface area (TPSA) is 53.1 Å². The number of nitrogens with zero attached hydrogens (tertiary/aromatic N) is 3. The average molecular weight is 323 g/mol. The Morgan fingerprint density at radius 3 is 2.71 bits per heavy atom. The van der Waals surface area contributed by atoms with E-state index in [0.717, 1.165) is 54.5 Å². The summed E-state index contributed by atoms with van der Waals surface area (Å²) in [4.78, 5) is 4.73. The summed E-state index contributed by atoms with van der Waals surface area (Å²) in [5, 5.41) is 4.07. The first-order valence-corrected chi connectivity index (χ1v) is 8.34. The molecule has 0 N–H and O–H groups in total. The fourth-order valence-electron chi connectivity index (χ4n) is 3.41. The minimum absolute atomic E-state index is 0.378. The molecule has 3 aromatic rings. The number of rotatable bonds is 4. The van der Waals surface area contributed by atoms with E-state index in [9.17, 15) is 0 Å². The minimum Gasteiger partial charge on any atom is -0.381 e. The zero-order valence-electron chi connectivity index (χ0n) is 14.0. The fourth-order valence-corrected chi connectivity index (χ4v) is 3.41. The minimum atomic E-state index is 0.378. The van der Waals surface area contributed by atoms with Crippen LogP contribution in [0.25, 0.3) is 11.3 Å². The van der Waals surface area contributed by atoms with Crippen LogP contribution in [0.15, 0.2) is 41.2 Å². The van der Waals surface area contributed by atoms with Crippen molar-refractivity contribution in [3.05, 3.63) is 59.4 Å². The summed E-state index contributed by atoms with van der Waals surface area (Å²) in [5.41, 5.74) is 5.52. The fraction of sp³-hybridized carbons (Fsp3) is 0.368. The highest BCUT2D eigenvalue weighted by Crippen LogP contribution is 2.34. The molecule has 5 nitrogen and oxygen atoms in total. The summed E-state index contributed by atoms with van der Waals surface area (Å²) >= 11 is 0. The van der Waals surface area contributed by atoms with Crippen LogP contribution in [0.2, 0.25) is 0 Å². The molecule has 0 aliphatic carbocycles.